The summed E-state index contributed by atoms with van der Waals surface area (Å²) in [5.74, 6) is -0.448. The van der Waals surface area contributed by atoms with Crippen LogP contribution in [-0.2, 0) is 11.2 Å². The SMILES string of the molecule is CCC(=O)NCCc1nc(C(=O)O)c2ccccn12. The number of carboxylic acids is 1. The van der Waals surface area contributed by atoms with Gasteiger partial charge in [-0.25, -0.2) is 9.78 Å². The first-order valence-electron chi connectivity index (χ1n) is 6.09. The number of pyridine rings is 1. The van der Waals surface area contributed by atoms with E-state index in [1.165, 1.54) is 0 Å². The third-order valence-corrected chi connectivity index (χ3v) is 2.82. The minimum Gasteiger partial charge on any atom is -0.476 e. The molecule has 6 heteroatoms. The van der Waals surface area contributed by atoms with E-state index in [1.54, 1.807) is 29.7 Å². The molecule has 0 atom stereocenters. The normalized spacial score (nSPS) is 10.6. The molecule has 1 amide bonds. The number of fused-ring (bicyclic) bond motifs is 1. The van der Waals surface area contributed by atoms with Crippen LogP contribution < -0.4 is 5.32 Å². The molecule has 19 heavy (non-hydrogen) atoms. The summed E-state index contributed by atoms with van der Waals surface area (Å²) >= 11 is 0. The smallest absolute Gasteiger partial charge is 0.356 e. The van der Waals surface area contributed by atoms with Gasteiger partial charge in [-0.05, 0) is 12.1 Å². The highest BCUT2D eigenvalue weighted by Gasteiger charge is 2.15. The van der Waals surface area contributed by atoms with Gasteiger partial charge in [0, 0.05) is 25.6 Å². The van der Waals surface area contributed by atoms with Crippen LogP contribution in [0.3, 0.4) is 0 Å². The van der Waals surface area contributed by atoms with E-state index in [0.29, 0.717) is 30.7 Å². The molecule has 2 N–H and O–H groups in total. The Bertz CT molecular complexity index is 619. The number of hydrogen-bond donors (Lipinski definition) is 2. The second-order valence-corrected chi connectivity index (χ2v) is 4.09. The van der Waals surface area contributed by atoms with Crippen LogP contribution in [-0.4, -0.2) is 32.9 Å². The number of carbonyl (C=O) groups is 2. The monoisotopic (exact) mass is 261 g/mol. The lowest BCUT2D eigenvalue weighted by molar-refractivity contribution is -0.120. The predicted octanol–water partition coefficient (Wildman–Crippen LogP) is 1.10. The lowest BCUT2D eigenvalue weighted by atomic mass is 10.3. The third-order valence-electron chi connectivity index (χ3n) is 2.82. The lowest BCUT2D eigenvalue weighted by Gasteiger charge is -2.03. The largest absolute Gasteiger partial charge is 0.476 e. The van der Waals surface area contributed by atoms with Crippen molar-refractivity contribution in [3.63, 3.8) is 0 Å². The molecule has 2 aromatic heterocycles. The lowest BCUT2D eigenvalue weighted by Crippen LogP contribution is -2.25. The minimum atomic E-state index is -1.05. The van der Waals surface area contributed by atoms with Gasteiger partial charge in [0.1, 0.15) is 5.82 Å². The van der Waals surface area contributed by atoms with Gasteiger partial charge in [-0.15, -0.1) is 0 Å². The van der Waals surface area contributed by atoms with Crippen molar-refractivity contribution in [1.82, 2.24) is 14.7 Å². The maximum absolute atomic E-state index is 11.1. The number of hydrogen-bond acceptors (Lipinski definition) is 3. The summed E-state index contributed by atoms with van der Waals surface area (Å²) in [7, 11) is 0. The number of carbonyl (C=O) groups excluding carboxylic acids is 1. The molecule has 0 saturated heterocycles. The van der Waals surface area contributed by atoms with Crippen molar-refractivity contribution in [2.24, 2.45) is 0 Å². The highest BCUT2D eigenvalue weighted by molar-refractivity contribution is 5.93. The van der Waals surface area contributed by atoms with Gasteiger partial charge in [-0.1, -0.05) is 13.0 Å². The van der Waals surface area contributed by atoms with Crippen LogP contribution >= 0.6 is 0 Å². The van der Waals surface area contributed by atoms with Crippen molar-refractivity contribution < 1.29 is 14.7 Å². The van der Waals surface area contributed by atoms with Crippen LogP contribution in [0.5, 0.6) is 0 Å². The first-order valence-corrected chi connectivity index (χ1v) is 6.09. The molecule has 2 aromatic rings. The summed E-state index contributed by atoms with van der Waals surface area (Å²) in [5, 5.41) is 11.8. The average Bonchev–Trinajstić information content (AvgIpc) is 2.78. The van der Waals surface area contributed by atoms with Crippen molar-refractivity contribution in [2.45, 2.75) is 19.8 Å². The number of amides is 1. The summed E-state index contributed by atoms with van der Waals surface area (Å²) < 4.78 is 1.74. The van der Waals surface area contributed by atoms with E-state index in [2.05, 4.69) is 10.3 Å². The van der Waals surface area contributed by atoms with Gasteiger partial charge in [0.2, 0.25) is 5.91 Å². The van der Waals surface area contributed by atoms with Gasteiger partial charge in [0.15, 0.2) is 5.69 Å². The molecule has 0 aliphatic rings. The van der Waals surface area contributed by atoms with E-state index in [1.807, 2.05) is 6.07 Å². The molecule has 0 fully saturated rings. The van der Waals surface area contributed by atoms with Crippen LogP contribution in [0.2, 0.25) is 0 Å². The molecule has 0 aliphatic carbocycles. The number of aromatic nitrogens is 2. The Kier molecular flexibility index (Phi) is 3.79. The van der Waals surface area contributed by atoms with Crippen LogP contribution in [0, 0.1) is 0 Å². The molecule has 0 aliphatic heterocycles. The third kappa shape index (κ3) is 2.73. The fourth-order valence-electron chi connectivity index (χ4n) is 1.87. The highest BCUT2D eigenvalue weighted by atomic mass is 16.4. The highest BCUT2D eigenvalue weighted by Crippen LogP contribution is 2.13. The summed E-state index contributed by atoms with van der Waals surface area (Å²) in [4.78, 5) is 26.4. The number of carboxylic acid groups (broad SMARTS) is 1. The second-order valence-electron chi connectivity index (χ2n) is 4.09. The van der Waals surface area contributed by atoms with Crippen molar-refractivity contribution in [2.75, 3.05) is 6.54 Å². The first-order chi connectivity index (χ1) is 9.13. The Labute approximate surface area is 110 Å². The molecular formula is C13H15N3O3. The van der Waals surface area contributed by atoms with Crippen molar-refractivity contribution in [1.29, 1.82) is 0 Å². The summed E-state index contributed by atoms with van der Waals surface area (Å²) in [6.45, 7) is 2.22. The number of imidazole rings is 1. The Morgan fingerprint density at radius 1 is 1.42 bits per heavy atom. The summed E-state index contributed by atoms with van der Waals surface area (Å²) in [5.41, 5.74) is 0.601. The topological polar surface area (TPSA) is 83.7 Å². The zero-order valence-corrected chi connectivity index (χ0v) is 10.6. The molecule has 100 valence electrons. The fraction of sp³-hybridized carbons (Fsp3) is 0.308. The summed E-state index contributed by atoms with van der Waals surface area (Å²) in [6.07, 6.45) is 2.69. The fourth-order valence-corrected chi connectivity index (χ4v) is 1.87. The zero-order chi connectivity index (χ0) is 13.8. The molecular weight excluding hydrogens is 246 g/mol. The molecule has 6 nitrogen and oxygen atoms in total. The number of aromatic carboxylic acids is 1. The van der Waals surface area contributed by atoms with Gasteiger partial charge in [0.05, 0.1) is 5.52 Å². The predicted molar refractivity (Wildman–Crippen MR) is 69.2 cm³/mol. The van der Waals surface area contributed by atoms with E-state index >= 15 is 0 Å². The Morgan fingerprint density at radius 2 is 2.21 bits per heavy atom. The molecule has 0 aromatic carbocycles. The van der Waals surface area contributed by atoms with Gasteiger partial charge in [0.25, 0.3) is 0 Å². The summed E-state index contributed by atoms with van der Waals surface area (Å²) in [6, 6.07) is 5.30. The first kappa shape index (κ1) is 13.1. The maximum Gasteiger partial charge on any atom is 0.356 e. The van der Waals surface area contributed by atoms with E-state index in [4.69, 9.17) is 5.11 Å². The van der Waals surface area contributed by atoms with Gasteiger partial charge < -0.3 is 14.8 Å². The van der Waals surface area contributed by atoms with Gasteiger partial charge >= 0.3 is 5.97 Å². The number of rotatable bonds is 5. The van der Waals surface area contributed by atoms with E-state index in [9.17, 15) is 9.59 Å². The van der Waals surface area contributed by atoms with Crippen LogP contribution in [0.25, 0.3) is 5.52 Å². The quantitative estimate of drug-likeness (QED) is 0.844. The van der Waals surface area contributed by atoms with Gasteiger partial charge in [-0.3, -0.25) is 4.79 Å². The molecule has 0 bridgehead atoms. The average molecular weight is 261 g/mol. The van der Waals surface area contributed by atoms with E-state index < -0.39 is 5.97 Å². The van der Waals surface area contributed by atoms with Crippen molar-refractivity contribution in [3.8, 4) is 0 Å². The standard InChI is InChI=1S/C13H15N3O3/c1-2-11(17)14-7-6-10-15-12(13(18)19)9-5-3-4-8-16(9)10/h3-5,8H,2,6-7H2,1H3,(H,14,17)(H,18,19). The minimum absolute atomic E-state index is 0.0284. The molecule has 2 rings (SSSR count). The number of nitrogens with zero attached hydrogens (tertiary/aromatic N) is 2. The molecule has 2 heterocycles. The van der Waals surface area contributed by atoms with E-state index in [0.717, 1.165) is 0 Å². The van der Waals surface area contributed by atoms with Crippen molar-refractivity contribution in [3.05, 3.63) is 35.9 Å². The molecule has 0 spiro atoms. The zero-order valence-electron chi connectivity index (χ0n) is 10.6. The maximum atomic E-state index is 11.1. The van der Waals surface area contributed by atoms with E-state index in [-0.39, 0.29) is 11.6 Å². The van der Waals surface area contributed by atoms with Gasteiger partial charge in [-0.2, -0.15) is 0 Å². The second kappa shape index (κ2) is 5.51. The Hall–Kier alpha value is -2.37. The van der Waals surface area contributed by atoms with Crippen LogP contribution in [0.15, 0.2) is 24.4 Å². The number of nitrogens with one attached hydrogen (secondary N) is 1. The Balaban J connectivity index is 2.23. The molecule has 0 unspecified atom stereocenters. The Morgan fingerprint density at radius 3 is 2.89 bits per heavy atom. The van der Waals surface area contributed by atoms with Crippen LogP contribution in [0.4, 0.5) is 0 Å². The van der Waals surface area contributed by atoms with Crippen molar-refractivity contribution >= 4 is 17.4 Å². The molecule has 0 saturated carbocycles. The molecule has 0 radical (unpaired) electrons. The van der Waals surface area contributed by atoms with Crippen LogP contribution in [0.1, 0.15) is 29.7 Å².